The van der Waals surface area contributed by atoms with Crippen LogP contribution in [0.1, 0.15) is 44.1 Å². The van der Waals surface area contributed by atoms with E-state index in [1.54, 1.807) is 4.90 Å². The quantitative estimate of drug-likeness (QED) is 0.537. The molecule has 2 aliphatic rings. The minimum Gasteiger partial charge on any atom is -0.452 e. The predicted molar refractivity (Wildman–Crippen MR) is 138 cm³/mol. The second-order valence-electron chi connectivity index (χ2n) is 10.0. The van der Waals surface area contributed by atoms with E-state index in [2.05, 4.69) is 66.6 Å². The highest BCUT2D eigenvalue weighted by atomic mass is 16.5. The van der Waals surface area contributed by atoms with Crippen molar-refractivity contribution in [1.29, 1.82) is 0 Å². The SMILES string of the molecule is COC(=O)N1c2ccc3c(nc(Cc4ccccc4)n3CCN3C[C@@H](C)O[C@@H](C)C3)c2CC[C@@H]1C. The molecule has 35 heavy (non-hydrogen) atoms. The monoisotopic (exact) mass is 476 g/mol. The lowest BCUT2D eigenvalue weighted by Gasteiger charge is -2.35. The third-order valence-electron chi connectivity index (χ3n) is 7.30. The first-order valence-electron chi connectivity index (χ1n) is 12.7. The second-order valence-corrected chi connectivity index (χ2v) is 10.0. The van der Waals surface area contributed by atoms with Crippen LogP contribution in [-0.2, 0) is 28.9 Å². The number of hydrogen-bond donors (Lipinski definition) is 0. The molecule has 1 fully saturated rings. The molecule has 7 nitrogen and oxygen atoms in total. The van der Waals surface area contributed by atoms with Crippen LogP contribution < -0.4 is 4.90 Å². The second kappa shape index (κ2) is 9.99. The van der Waals surface area contributed by atoms with Gasteiger partial charge in [-0.1, -0.05) is 30.3 Å². The van der Waals surface area contributed by atoms with Crippen molar-refractivity contribution < 1.29 is 14.3 Å². The average molecular weight is 477 g/mol. The van der Waals surface area contributed by atoms with Gasteiger partial charge in [-0.2, -0.15) is 0 Å². The lowest BCUT2D eigenvalue weighted by molar-refractivity contribution is -0.0685. The van der Waals surface area contributed by atoms with E-state index in [0.717, 1.165) is 73.6 Å². The van der Waals surface area contributed by atoms with Crippen LogP contribution in [0.3, 0.4) is 0 Å². The minimum absolute atomic E-state index is 0.101. The van der Waals surface area contributed by atoms with Crippen molar-refractivity contribution in [2.24, 2.45) is 0 Å². The molecule has 0 radical (unpaired) electrons. The zero-order valence-electron chi connectivity index (χ0n) is 21.2. The van der Waals surface area contributed by atoms with Crippen LogP contribution in [0.15, 0.2) is 42.5 Å². The Bertz CT molecular complexity index is 1180. The fraction of sp³-hybridized carbons (Fsp3) is 0.500. The topological polar surface area (TPSA) is 59.8 Å². The summed E-state index contributed by atoms with van der Waals surface area (Å²) in [5.74, 6) is 1.07. The standard InChI is InChI=1S/C28H36N4O3/c1-19-10-11-23-24(32(19)28(33)34-4)12-13-25-27(23)29-26(16-22-8-6-5-7-9-22)31(25)15-14-30-17-20(2)35-21(3)18-30/h5-9,12-13,19-21H,10-11,14-18H2,1-4H3/t19-,20-,21+/m0/s1. The van der Waals surface area contributed by atoms with Crippen molar-refractivity contribution in [3.8, 4) is 0 Å². The molecule has 0 saturated carbocycles. The van der Waals surface area contributed by atoms with Gasteiger partial charge in [0.1, 0.15) is 5.82 Å². The molecule has 0 unspecified atom stereocenters. The van der Waals surface area contributed by atoms with Crippen molar-refractivity contribution in [3.05, 3.63) is 59.4 Å². The van der Waals surface area contributed by atoms with Crippen LogP contribution in [0, 0.1) is 0 Å². The number of anilines is 1. The van der Waals surface area contributed by atoms with E-state index < -0.39 is 0 Å². The largest absolute Gasteiger partial charge is 0.452 e. The van der Waals surface area contributed by atoms with Crippen molar-refractivity contribution >= 4 is 22.8 Å². The summed E-state index contributed by atoms with van der Waals surface area (Å²) in [6.07, 6.45) is 2.77. The van der Waals surface area contributed by atoms with Gasteiger partial charge in [0.25, 0.3) is 0 Å². The number of carbonyl (C=O) groups is 1. The Labute approximate surface area is 207 Å². The molecule has 7 heteroatoms. The van der Waals surface area contributed by atoms with Crippen molar-refractivity contribution in [3.63, 3.8) is 0 Å². The molecule has 0 N–H and O–H groups in total. The van der Waals surface area contributed by atoms with E-state index in [4.69, 9.17) is 14.5 Å². The van der Waals surface area contributed by atoms with Crippen molar-refractivity contribution in [2.75, 3.05) is 31.6 Å². The summed E-state index contributed by atoms with van der Waals surface area (Å²) in [7, 11) is 1.45. The van der Waals surface area contributed by atoms with Gasteiger partial charge in [0.05, 0.1) is 36.0 Å². The van der Waals surface area contributed by atoms with Gasteiger partial charge in [0.15, 0.2) is 0 Å². The number of ether oxygens (including phenoxy) is 2. The molecular formula is C28H36N4O3. The Balaban J connectivity index is 1.53. The van der Waals surface area contributed by atoms with Gasteiger partial charge in [-0.25, -0.2) is 9.78 Å². The van der Waals surface area contributed by atoms with E-state index in [1.165, 1.54) is 12.7 Å². The zero-order valence-corrected chi connectivity index (χ0v) is 21.2. The molecule has 5 rings (SSSR count). The number of rotatable bonds is 5. The number of aryl methyl sites for hydroxylation is 1. The van der Waals surface area contributed by atoms with Gasteiger partial charge in [-0.3, -0.25) is 9.80 Å². The number of aromatic nitrogens is 2. The maximum atomic E-state index is 12.6. The van der Waals surface area contributed by atoms with Gasteiger partial charge >= 0.3 is 6.09 Å². The summed E-state index contributed by atoms with van der Waals surface area (Å²) < 4.78 is 13.4. The summed E-state index contributed by atoms with van der Waals surface area (Å²) in [4.78, 5) is 22.1. The smallest absolute Gasteiger partial charge is 0.414 e. The van der Waals surface area contributed by atoms with Gasteiger partial charge < -0.3 is 14.0 Å². The lowest BCUT2D eigenvalue weighted by Crippen LogP contribution is -2.46. The summed E-state index contributed by atoms with van der Waals surface area (Å²) in [5.41, 5.74) is 5.47. The van der Waals surface area contributed by atoms with E-state index in [-0.39, 0.29) is 24.3 Å². The van der Waals surface area contributed by atoms with Crippen molar-refractivity contribution in [2.45, 2.75) is 64.8 Å². The molecule has 0 aliphatic carbocycles. The highest BCUT2D eigenvalue weighted by molar-refractivity contribution is 5.95. The minimum atomic E-state index is -0.308. The number of fused-ring (bicyclic) bond motifs is 3. The van der Waals surface area contributed by atoms with Gasteiger partial charge in [0, 0.05) is 44.2 Å². The molecule has 1 saturated heterocycles. The van der Waals surface area contributed by atoms with E-state index in [0.29, 0.717) is 0 Å². The first kappa shape index (κ1) is 23.8. The highest BCUT2D eigenvalue weighted by Crippen LogP contribution is 2.36. The average Bonchev–Trinajstić information content (AvgIpc) is 3.19. The number of carbonyl (C=O) groups excluding carboxylic acids is 1. The number of amides is 1. The van der Waals surface area contributed by atoms with E-state index >= 15 is 0 Å². The van der Waals surface area contributed by atoms with Crippen LogP contribution in [-0.4, -0.2) is 65.5 Å². The number of methoxy groups -OCH3 is 1. The third-order valence-corrected chi connectivity index (χ3v) is 7.30. The third kappa shape index (κ3) is 4.80. The Morgan fingerprint density at radius 1 is 1.06 bits per heavy atom. The fourth-order valence-electron chi connectivity index (χ4n) is 5.72. The molecule has 2 aromatic carbocycles. The molecule has 0 bridgehead atoms. The summed E-state index contributed by atoms with van der Waals surface area (Å²) in [6.45, 7) is 10.1. The maximum absolute atomic E-state index is 12.6. The molecule has 2 aliphatic heterocycles. The Kier molecular flexibility index (Phi) is 6.80. The highest BCUT2D eigenvalue weighted by Gasteiger charge is 2.31. The van der Waals surface area contributed by atoms with Crippen LogP contribution in [0.25, 0.3) is 11.0 Å². The Morgan fingerprint density at radius 3 is 2.51 bits per heavy atom. The number of imidazole rings is 1. The van der Waals surface area contributed by atoms with Gasteiger partial charge in [-0.15, -0.1) is 0 Å². The maximum Gasteiger partial charge on any atom is 0.414 e. The van der Waals surface area contributed by atoms with E-state index in [9.17, 15) is 4.79 Å². The molecule has 1 aromatic heterocycles. The van der Waals surface area contributed by atoms with Crippen LogP contribution >= 0.6 is 0 Å². The number of hydrogen-bond acceptors (Lipinski definition) is 5. The summed E-state index contributed by atoms with van der Waals surface area (Å²) in [5, 5.41) is 0. The molecule has 186 valence electrons. The number of nitrogens with zero attached hydrogens (tertiary/aromatic N) is 4. The molecule has 3 aromatic rings. The summed E-state index contributed by atoms with van der Waals surface area (Å²) >= 11 is 0. The lowest BCUT2D eigenvalue weighted by atomic mass is 9.96. The normalized spacial score (nSPS) is 22.9. The van der Waals surface area contributed by atoms with Crippen LogP contribution in [0.2, 0.25) is 0 Å². The summed E-state index contributed by atoms with van der Waals surface area (Å²) in [6, 6.07) is 14.8. The fourth-order valence-corrected chi connectivity index (χ4v) is 5.72. The van der Waals surface area contributed by atoms with E-state index in [1.807, 2.05) is 6.07 Å². The Morgan fingerprint density at radius 2 is 1.80 bits per heavy atom. The number of benzene rings is 2. The first-order chi connectivity index (χ1) is 16.9. The van der Waals surface area contributed by atoms with Crippen LogP contribution in [0.4, 0.5) is 10.5 Å². The van der Waals surface area contributed by atoms with Gasteiger partial charge in [-0.05, 0) is 51.3 Å². The van der Waals surface area contributed by atoms with Crippen LogP contribution in [0.5, 0.6) is 0 Å². The first-order valence-corrected chi connectivity index (χ1v) is 12.7. The molecule has 3 heterocycles. The number of morpholine rings is 1. The molecular weight excluding hydrogens is 440 g/mol. The molecule has 0 spiro atoms. The predicted octanol–water partition coefficient (Wildman–Crippen LogP) is 4.64. The Hall–Kier alpha value is -2.90. The molecule has 1 amide bonds. The molecule has 3 atom stereocenters. The van der Waals surface area contributed by atoms with Crippen molar-refractivity contribution in [1.82, 2.24) is 14.5 Å². The zero-order chi connectivity index (χ0) is 24.5. The van der Waals surface area contributed by atoms with Gasteiger partial charge in [0.2, 0.25) is 0 Å².